The van der Waals surface area contributed by atoms with Gasteiger partial charge in [0.15, 0.2) is 11.5 Å². The molecule has 4 atom stereocenters. The summed E-state index contributed by atoms with van der Waals surface area (Å²) >= 11 is 0. The summed E-state index contributed by atoms with van der Waals surface area (Å²) < 4.78 is 37.9. The van der Waals surface area contributed by atoms with Gasteiger partial charge in [0.25, 0.3) is 0 Å². The lowest BCUT2D eigenvalue weighted by molar-refractivity contribution is -0.00877. The van der Waals surface area contributed by atoms with E-state index in [1.807, 2.05) is 32.0 Å². The van der Waals surface area contributed by atoms with Gasteiger partial charge in [-0.1, -0.05) is 18.2 Å². The highest BCUT2D eigenvalue weighted by atomic mass is 31.2. The third-order valence-electron chi connectivity index (χ3n) is 5.17. The number of para-hydroxylation sites is 1. The van der Waals surface area contributed by atoms with Gasteiger partial charge in [-0.15, -0.1) is 0 Å². The first kappa shape index (κ1) is 18.5. The molecule has 2 aliphatic heterocycles. The minimum Gasteiger partial charge on any atom is -0.403 e. The Hall–Kier alpha value is -2.52. The molecular formula is C18H20N5O5P. The summed E-state index contributed by atoms with van der Waals surface area (Å²) in [5.41, 5.74) is 8.65. The summed E-state index contributed by atoms with van der Waals surface area (Å²) in [5.74, 6) is 0.855. The number of benzene rings is 1. The second-order valence-electron chi connectivity index (χ2n) is 7.13. The standard InChI is InChI=1S/C18H20N5O5P/c1-10-4-3-5-12-7-25-29(24,28-16(10)12)27-13-6-14(26-11(13)2)23-9-22-15-17(19)20-8-21-18(15)23/h3-5,8-9,11,13-14H,6-7H2,1-2H3,(H2,19,20,21)/t11-,13+,14-,29?/m1/s1. The van der Waals surface area contributed by atoms with Crippen LogP contribution in [0.15, 0.2) is 30.9 Å². The predicted molar refractivity (Wildman–Crippen MR) is 103 cm³/mol. The van der Waals surface area contributed by atoms with E-state index in [1.54, 1.807) is 10.9 Å². The molecular weight excluding hydrogens is 397 g/mol. The molecule has 0 radical (unpaired) electrons. The van der Waals surface area contributed by atoms with Crippen LogP contribution >= 0.6 is 7.82 Å². The predicted octanol–water partition coefficient (Wildman–Crippen LogP) is 3.13. The highest BCUT2D eigenvalue weighted by Gasteiger charge is 2.44. The molecule has 4 heterocycles. The normalized spacial score (nSPS) is 29.0. The van der Waals surface area contributed by atoms with Gasteiger partial charge in [-0.05, 0) is 19.4 Å². The zero-order valence-electron chi connectivity index (χ0n) is 15.9. The summed E-state index contributed by atoms with van der Waals surface area (Å²) in [5, 5.41) is 0. The van der Waals surface area contributed by atoms with E-state index in [0.29, 0.717) is 29.2 Å². The Morgan fingerprint density at radius 1 is 1.31 bits per heavy atom. The fourth-order valence-corrected chi connectivity index (χ4v) is 5.16. The number of hydrogen-bond donors (Lipinski definition) is 1. The lowest BCUT2D eigenvalue weighted by Crippen LogP contribution is -2.23. The molecule has 1 fully saturated rings. The topological polar surface area (TPSA) is 124 Å². The van der Waals surface area contributed by atoms with Crippen LogP contribution in [0.4, 0.5) is 5.82 Å². The lowest BCUT2D eigenvalue weighted by Gasteiger charge is -2.28. The molecule has 1 saturated heterocycles. The molecule has 29 heavy (non-hydrogen) atoms. The van der Waals surface area contributed by atoms with E-state index >= 15 is 0 Å². The minimum absolute atomic E-state index is 0.169. The highest BCUT2D eigenvalue weighted by Crippen LogP contribution is 2.57. The molecule has 2 aliphatic rings. The average molecular weight is 417 g/mol. The van der Waals surface area contributed by atoms with E-state index in [1.165, 1.54) is 6.33 Å². The minimum atomic E-state index is -3.77. The Morgan fingerprint density at radius 2 is 2.17 bits per heavy atom. The number of phosphoric ester groups is 1. The van der Waals surface area contributed by atoms with Crippen molar-refractivity contribution in [3.05, 3.63) is 42.0 Å². The maximum atomic E-state index is 13.1. The van der Waals surface area contributed by atoms with Gasteiger partial charge in [-0.3, -0.25) is 13.6 Å². The number of phosphoric acid groups is 1. The van der Waals surface area contributed by atoms with Gasteiger partial charge in [0.2, 0.25) is 0 Å². The number of rotatable bonds is 3. The molecule has 0 bridgehead atoms. The van der Waals surface area contributed by atoms with Crippen LogP contribution in [0, 0.1) is 6.92 Å². The van der Waals surface area contributed by atoms with E-state index < -0.39 is 20.2 Å². The Morgan fingerprint density at radius 3 is 3.03 bits per heavy atom. The van der Waals surface area contributed by atoms with Crippen LogP contribution in [0.5, 0.6) is 5.75 Å². The van der Waals surface area contributed by atoms with Gasteiger partial charge in [0.1, 0.15) is 29.9 Å². The zero-order valence-corrected chi connectivity index (χ0v) is 16.8. The molecule has 2 aromatic heterocycles. The van der Waals surface area contributed by atoms with Crippen LogP contribution in [0.2, 0.25) is 0 Å². The molecule has 5 rings (SSSR count). The molecule has 152 valence electrons. The van der Waals surface area contributed by atoms with Crippen LogP contribution in [-0.2, 0) is 25.0 Å². The van der Waals surface area contributed by atoms with Crippen LogP contribution in [0.1, 0.15) is 30.7 Å². The van der Waals surface area contributed by atoms with Crippen molar-refractivity contribution in [2.75, 3.05) is 5.73 Å². The monoisotopic (exact) mass is 417 g/mol. The number of anilines is 1. The number of fused-ring (bicyclic) bond motifs is 2. The second-order valence-corrected chi connectivity index (χ2v) is 8.68. The molecule has 0 amide bonds. The zero-order chi connectivity index (χ0) is 20.2. The van der Waals surface area contributed by atoms with E-state index in [4.69, 9.17) is 24.0 Å². The second kappa shape index (κ2) is 6.77. The Kier molecular flexibility index (Phi) is 4.32. The summed E-state index contributed by atoms with van der Waals surface area (Å²) in [7, 11) is -3.77. The van der Waals surface area contributed by atoms with Crippen molar-refractivity contribution in [3.63, 3.8) is 0 Å². The molecule has 11 heteroatoms. The molecule has 1 aromatic carbocycles. The maximum absolute atomic E-state index is 13.1. The fraction of sp³-hybridized carbons (Fsp3) is 0.389. The summed E-state index contributed by atoms with van der Waals surface area (Å²) in [6.45, 7) is 3.91. The largest absolute Gasteiger partial charge is 0.530 e. The number of ether oxygens (including phenoxy) is 1. The van der Waals surface area contributed by atoms with Gasteiger partial charge in [-0.2, -0.15) is 0 Å². The Bertz CT molecular complexity index is 1140. The maximum Gasteiger partial charge on any atom is 0.530 e. The lowest BCUT2D eigenvalue weighted by atomic mass is 10.1. The number of hydrogen-bond acceptors (Lipinski definition) is 9. The van der Waals surface area contributed by atoms with Gasteiger partial charge >= 0.3 is 7.82 Å². The first-order chi connectivity index (χ1) is 13.9. The molecule has 2 N–H and O–H groups in total. The van der Waals surface area contributed by atoms with Crippen LogP contribution in [-0.4, -0.2) is 31.7 Å². The van der Waals surface area contributed by atoms with Gasteiger partial charge < -0.3 is 15.0 Å². The number of aryl methyl sites for hydroxylation is 1. The van der Waals surface area contributed by atoms with Gasteiger partial charge in [0, 0.05) is 12.0 Å². The van der Waals surface area contributed by atoms with Crippen LogP contribution in [0.25, 0.3) is 11.2 Å². The summed E-state index contributed by atoms with van der Waals surface area (Å²) in [6.07, 6.45) is 2.17. The highest BCUT2D eigenvalue weighted by molar-refractivity contribution is 7.49. The molecule has 3 aromatic rings. The van der Waals surface area contributed by atoms with Crippen LogP contribution in [0.3, 0.4) is 0 Å². The van der Waals surface area contributed by atoms with Gasteiger partial charge in [0.05, 0.1) is 19.0 Å². The van der Waals surface area contributed by atoms with Crippen molar-refractivity contribution in [2.24, 2.45) is 0 Å². The fourth-order valence-electron chi connectivity index (χ4n) is 3.63. The Balaban J connectivity index is 1.36. The Labute approximate surface area is 166 Å². The quantitative estimate of drug-likeness (QED) is 0.640. The molecule has 1 unspecified atom stereocenters. The van der Waals surface area contributed by atoms with E-state index in [0.717, 1.165) is 11.1 Å². The third kappa shape index (κ3) is 3.18. The van der Waals surface area contributed by atoms with Crippen molar-refractivity contribution in [2.45, 2.75) is 45.3 Å². The van der Waals surface area contributed by atoms with E-state index in [2.05, 4.69) is 15.0 Å². The van der Waals surface area contributed by atoms with Gasteiger partial charge in [-0.25, -0.2) is 19.5 Å². The van der Waals surface area contributed by atoms with Crippen molar-refractivity contribution < 1.29 is 22.9 Å². The van der Waals surface area contributed by atoms with Crippen molar-refractivity contribution >= 4 is 24.8 Å². The van der Waals surface area contributed by atoms with E-state index in [9.17, 15) is 4.57 Å². The molecule has 0 saturated carbocycles. The first-order valence-electron chi connectivity index (χ1n) is 9.23. The average Bonchev–Trinajstić information content (AvgIpc) is 3.27. The number of aromatic nitrogens is 4. The van der Waals surface area contributed by atoms with Crippen molar-refractivity contribution in [1.29, 1.82) is 0 Å². The molecule has 0 aliphatic carbocycles. The molecule has 10 nitrogen and oxygen atoms in total. The summed E-state index contributed by atoms with van der Waals surface area (Å²) in [6, 6.07) is 5.67. The smallest absolute Gasteiger partial charge is 0.403 e. The number of nitrogens with zero attached hydrogens (tertiary/aromatic N) is 4. The SMILES string of the molecule is Cc1cccc2c1OP(=O)(O[C@H]1C[C@H](n3cnc4c(N)ncnc43)O[C@@H]1C)OC2. The number of imidazole rings is 1. The number of nitrogens with two attached hydrogens (primary N) is 1. The van der Waals surface area contributed by atoms with Crippen LogP contribution < -0.4 is 10.3 Å². The first-order valence-corrected chi connectivity index (χ1v) is 10.7. The van der Waals surface area contributed by atoms with Crippen molar-refractivity contribution in [1.82, 2.24) is 19.5 Å². The summed E-state index contributed by atoms with van der Waals surface area (Å²) in [4.78, 5) is 12.5. The van der Waals surface area contributed by atoms with E-state index in [-0.39, 0.29) is 12.7 Å². The third-order valence-corrected chi connectivity index (χ3v) is 6.55. The number of nitrogen functional groups attached to an aromatic ring is 1. The molecule has 0 spiro atoms. The van der Waals surface area contributed by atoms with Crippen molar-refractivity contribution in [3.8, 4) is 5.75 Å².